The smallest absolute Gasteiger partial charge is 0.276 e. The van der Waals surface area contributed by atoms with E-state index in [1.54, 1.807) is 31.3 Å². The highest BCUT2D eigenvalue weighted by Crippen LogP contribution is 2.19. The van der Waals surface area contributed by atoms with E-state index in [9.17, 15) is 15.2 Å². The number of amides is 1. The molecule has 8 heteroatoms. The van der Waals surface area contributed by atoms with E-state index in [1.807, 2.05) is 4.90 Å². The average molecular weight is 327 g/mol. The standard InChI is InChI=1S/C16H17N5O3/c1-11-7-14(19-24-11)16(23)21-6-5-20(9-13(22)10-21)15-12(8-17)3-2-4-18-15/h2-4,7,13,22H,5-6,9-10H2,1H3/t13-/m0/s1. The molecule has 1 aliphatic rings. The summed E-state index contributed by atoms with van der Waals surface area (Å²) >= 11 is 0. The van der Waals surface area contributed by atoms with Gasteiger partial charge in [-0.25, -0.2) is 4.98 Å². The molecule has 1 fully saturated rings. The molecule has 0 saturated carbocycles. The van der Waals surface area contributed by atoms with Gasteiger partial charge in [-0.05, 0) is 19.1 Å². The van der Waals surface area contributed by atoms with Crippen LogP contribution in [0.2, 0.25) is 0 Å². The van der Waals surface area contributed by atoms with Gasteiger partial charge in [-0.1, -0.05) is 5.16 Å². The maximum absolute atomic E-state index is 12.5. The van der Waals surface area contributed by atoms with Gasteiger partial charge in [-0.2, -0.15) is 5.26 Å². The molecule has 8 nitrogen and oxygen atoms in total. The third-order valence-electron chi connectivity index (χ3n) is 3.84. The lowest BCUT2D eigenvalue weighted by atomic mass is 10.2. The molecule has 3 rings (SSSR count). The molecular formula is C16H17N5O3. The van der Waals surface area contributed by atoms with Crippen LogP contribution in [0.5, 0.6) is 0 Å². The van der Waals surface area contributed by atoms with E-state index in [2.05, 4.69) is 16.2 Å². The number of carbonyl (C=O) groups excluding carboxylic acids is 1. The van der Waals surface area contributed by atoms with Gasteiger partial charge in [0.15, 0.2) is 5.69 Å². The lowest BCUT2D eigenvalue weighted by Crippen LogP contribution is -2.37. The summed E-state index contributed by atoms with van der Waals surface area (Å²) in [5, 5.41) is 23.2. The van der Waals surface area contributed by atoms with Gasteiger partial charge in [0, 0.05) is 38.4 Å². The first-order valence-corrected chi connectivity index (χ1v) is 7.59. The van der Waals surface area contributed by atoms with Crippen molar-refractivity contribution in [2.24, 2.45) is 0 Å². The molecular weight excluding hydrogens is 310 g/mol. The number of rotatable bonds is 2. The molecule has 2 aromatic heterocycles. The summed E-state index contributed by atoms with van der Waals surface area (Å²) in [6.07, 6.45) is 0.854. The molecule has 1 N–H and O–H groups in total. The van der Waals surface area contributed by atoms with E-state index in [0.717, 1.165) is 0 Å². The molecule has 124 valence electrons. The zero-order valence-corrected chi connectivity index (χ0v) is 13.2. The second-order valence-electron chi connectivity index (χ2n) is 5.66. The van der Waals surface area contributed by atoms with E-state index in [4.69, 9.17) is 4.52 Å². The fourth-order valence-electron chi connectivity index (χ4n) is 2.73. The molecule has 0 aliphatic carbocycles. The Labute approximate surface area is 138 Å². The van der Waals surface area contributed by atoms with Crippen LogP contribution in [0.4, 0.5) is 5.82 Å². The Morgan fingerprint density at radius 3 is 3.00 bits per heavy atom. The molecule has 0 bridgehead atoms. The number of hydrogen-bond acceptors (Lipinski definition) is 7. The topological polar surface area (TPSA) is 106 Å². The highest BCUT2D eigenvalue weighted by molar-refractivity contribution is 5.92. The summed E-state index contributed by atoms with van der Waals surface area (Å²) in [5.74, 6) is 0.794. The number of hydrogen-bond donors (Lipinski definition) is 1. The van der Waals surface area contributed by atoms with Gasteiger partial charge >= 0.3 is 0 Å². The largest absolute Gasteiger partial charge is 0.389 e. The predicted octanol–water partition coefficient (Wildman–Crippen LogP) is 0.573. The van der Waals surface area contributed by atoms with E-state index in [1.165, 1.54) is 4.90 Å². The third kappa shape index (κ3) is 3.21. The monoisotopic (exact) mass is 327 g/mol. The SMILES string of the molecule is Cc1cc(C(=O)N2CCN(c3ncccc3C#N)C[C@H](O)C2)no1. The maximum Gasteiger partial charge on any atom is 0.276 e. The van der Waals surface area contributed by atoms with Crippen LogP contribution in [0.15, 0.2) is 28.9 Å². The van der Waals surface area contributed by atoms with Gasteiger partial charge in [-0.15, -0.1) is 0 Å². The molecule has 2 aromatic rings. The van der Waals surface area contributed by atoms with Crippen molar-refractivity contribution in [1.82, 2.24) is 15.0 Å². The minimum atomic E-state index is -0.752. The van der Waals surface area contributed by atoms with Gasteiger partial charge < -0.3 is 19.4 Å². The van der Waals surface area contributed by atoms with Gasteiger partial charge in [0.25, 0.3) is 5.91 Å². The summed E-state index contributed by atoms with van der Waals surface area (Å²) in [7, 11) is 0. The number of anilines is 1. The fraction of sp³-hybridized carbons (Fsp3) is 0.375. The third-order valence-corrected chi connectivity index (χ3v) is 3.84. The number of aliphatic hydroxyl groups is 1. The number of nitrogens with zero attached hydrogens (tertiary/aromatic N) is 5. The van der Waals surface area contributed by atoms with Crippen LogP contribution in [-0.2, 0) is 0 Å². The van der Waals surface area contributed by atoms with E-state index in [-0.39, 0.29) is 18.1 Å². The molecule has 24 heavy (non-hydrogen) atoms. The van der Waals surface area contributed by atoms with Gasteiger partial charge in [0.1, 0.15) is 17.6 Å². The Kier molecular flexibility index (Phi) is 4.44. The number of aryl methyl sites for hydroxylation is 1. The number of pyridine rings is 1. The Morgan fingerprint density at radius 2 is 2.29 bits per heavy atom. The number of aromatic nitrogens is 2. The zero-order valence-electron chi connectivity index (χ0n) is 13.2. The Bertz CT molecular complexity index is 782. The van der Waals surface area contributed by atoms with E-state index >= 15 is 0 Å². The average Bonchev–Trinajstić information content (AvgIpc) is 2.92. The number of nitriles is 1. The van der Waals surface area contributed by atoms with Crippen molar-refractivity contribution in [3.05, 3.63) is 41.4 Å². The second-order valence-corrected chi connectivity index (χ2v) is 5.66. The fourth-order valence-corrected chi connectivity index (χ4v) is 2.73. The van der Waals surface area contributed by atoms with E-state index < -0.39 is 6.10 Å². The van der Waals surface area contributed by atoms with Gasteiger partial charge in [-0.3, -0.25) is 4.79 Å². The molecule has 1 atom stereocenters. The molecule has 1 amide bonds. The lowest BCUT2D eigenvalue weighted by Gasteiger charge is -2.23. The van der Waals surface area contributed by atoms with Crippen molar-refractivity contribution < 1.29 is 14.4 Å². The lowest BCUT2D eigenvalue weighted by molar-refractivity contribution is 0.0664. The first-order valence-electron chi connectivity index (χ1n) is 7.59. The summed E-state index contributed by atoms with van der Waals surface area (Å²) in [4.78, 5) is 20.1. The van der Waals surface area contributed by atoms with E-state index in [0.29, 0.717) is 36.8 Å². The van der Waals surface area contributed by atoms with Gasteiger partial charge in [0.2, 0.25) is 0 Å². The highest BCUT2D eigenvalue weighted by Gasteiger charge is 2.28. The predicted molar refractivity (Wildman–Crippen MR) is 84.3 cm³/mol. The van der Waals surface area contributed by atoms with Crippen molar-refractivity contribution in [3.63, 3.8) is 0 Å². The Hall–Kier alpha value is -2.92. The van der Waals surface area contributed by atoms with Crippen molar-refractivity contribution in [2.75, 3.05) is 31.1 Å². The Morgan fingerprint density at radius 1 is 1.46 bits per heavy atom. The molecule has 0 radical (unpaired) electrons. The number of aliphatic hydroxyl groups excluding tert-OH is 1. The van der Waals surface area contributed by atoms with Crippen molar-refractivity contribution >= 4 is 11.7 Å². The number of β-amino-alcohol motifs (C(OH)–C–C–N with tert-alkyl or cyclic N) is 1. The Balaban J connectivity index is 1.78. The van der Waals surface area contributed by atoms with Crippen LogP contribution in [0, 0.1) is 18.3 Å². The quantitative estimate of drug-likeness (QED) is 0.859. The second kappa shape index (κ2) is 6.68. The van der Waals surface area contributed by atoms with Crippen LogP contribution in [0.1, 0.15) is 21.8 Å². The first kappa shape index (κ1) is 16.0. The van der Waals surface area contributed by atoms with Crippen molar-refractivity contribution in [2.45, 2.75) is 13.0 Å². The zero-order chi connectivity index (χ0) is 17.1. The first-order chi connectivity index (χ1) is 11.6. The van der Waals surface area contributed by atoms with Crippen LogP contribution >= 0.6 is 0 Å². The summed E-state index contributed by atoms with van der Waals surface area (Å²) in [5.41, 5.74) is 0.667. The van der Waals surface area contributed by atoms with Crippen LogP contribution in [-0.4, -0.2) is 58.3 Å². The molecule has 1 aliphatic heterocycles. The van der Waals surface area contributed by atoms with Gasteiger partial charge in [0.05, 0.1) is 11.7 Å². The maximum atomic E-state index is 12.5. The van der Waals surface area contributed by atoms with Crippen molar-refractivity contribution in [1.29, 1.82) is 5.26 Å². The number of carbonyl (C=O) groups is 1. The molecule has 1 saturated heterocycles. The summed E-state index contributed by atoms with van der Waals surface area (Å²) < 4.78 is 4.94. The molecule has 0 unspecified atom stereocenters. The summed E-state index contributed by atoms with van der Waals surface area (Å²) in [6.45, 7) is 3.06. The van der Waals surface area contributed by atoms with Crippen LogP contribution in [0.25, 0.3) is 0 Å². The molecule has 3 heterocycles. The normalized spacial score (nSPS) is 18.1. The molecule has 0 spiro atoms. The minimum absolute atomic E-state index is 0.190. The molecule has 0 aromatic carbocycles. The minimum Gasteiger partial charge on any atom is -0.389 e. The van der Waals surface area contributed by atoms with Crippen molar-refractivity contribution in [3.8, 4) is 6.07 Å². The highest BCUT2D eigenvalue weighted by atomic mass is 16.5. The van der Waals surface area contributed by atoms with Crippen LogP contribution in [0.3, 0.4) is 0 Å². The van der Waals surface area contributed by atoms with Crippen LogP contribution < -0.4 is 4.90 Å². The summed E-state index contributed by atoms with van der Waals surface area (Å²) in [6, 6.07) is 7.05.